The molecule has 5 nitrogen and oxygen atoms in total. The van der Waals surface area contributed by atoms with Crippen molar-refractivity contribution in [1.82, 2.24) is 10.2 Å². The van der Waals surface area contributed by atoms with E-state index in [-0.39, 0.29) is 11.9 Å². The Labute approximate surface area is 128 Å². The molecule has 0 unspecified atom stereocenters. The molecule has 0 aromatic heterocycles. The summed E-state index contributed by atoms with van der Waals surface area (Å²) in [4.78, 5) is 14.5. The zero-order valence-corrected chi connectivity index (χ0v) is 13.1. The van der Waals surface area contributed by atoms with Crippen molar-refractivity contribution in [3.63, 3.8) is 0 Å². The van der Waals surface area contributed by atoms with Crippen molar-refractivity contribution >= 4 is 11.9 Å². The first-order valence-electron chi connectivity index (χ1n) is 8.56. The molecule has 2 fully saturated rings. The highest BCUT2D eigenvalue weighted by atomic mass is 16.2. The highest BCUT2D eigenvalue weighted by Crippen LogP contribution is 2.27. The summed E-state index contributed by atoms with van der Waals surface area (Å²) in [5, 5.41) is 11.1. The van der Waals surface area contributed by atoms with Gasteiger partial charge in [0.2, 0.25) is 0 Å². The number of likely N-dealkylation sites (tertiary alicyclic amines) is 1. The molecule has 21 heavy (non-hydrogen) atoms. The molecular weight excluding hydrogens is 264 g/mol. The second-order valence-corrected chi connectivity index (χ2v) is 6.59. The van der Waals surface area contributed by atoms with Crippen LogP contribution in [0.1, 0.15) is 70.6 Å². The van der Waals surface area contributed by atoms with Crippen LogP contribution in [0.15, 0.2) is 0 Å². The molecule has 0 bridgehead atoms. The van der Waals surface area contributed by atoms with E-state index in [4.69, 9.17) is 11.1 Å². The summed E-state index contributed by atoms with van der Waals surface area (Å²) in [7, 11) is 0. The van der Waals surface area contributed by atoms with Crippen molar-refractivity contribution in [2.45, 2.75) is 76.2 Å². The number of urea groups is 1. The van der Waals surface area contributed by atoms with Crippen molar-refractivity contribution in [3.05, 3.63) is 0 Å². The van der Waals surface area contributed by atoms with E-state index in [1.165, 1.54) is 32.1 Å². The zero-order chi connectivity index (χ0) is 15.1. The Hall–Kier alpha value is -1.26. The largest absolute Gasteiger partial charge is 0.386 e. The van der Waals surface area contributed by atoms with Gasteiger partial charge in [0.05, 0.1) is 5.54 Å². The van der Waals surface area contributed by atoms with E-state index in [0.717, 1.165) is 51.6 Å². The molecule has 0 radical (unpaired) electrons. The van der Waals surface area contributed by atoms with E-state index in [0.29, 0.717) is 0 Å². The molecule has 0 spiro atoms. The summed E-state index contributed by atoms with van der Waals surface area (Å²) in [6.45, 7) is 1.67. The summed E-state index contributed by atoms with van der Waals surface area (Å²) < 4.78 is 0. The molecular formula is C16H30N4O. The molecule has 4 N–H and O–H groups in total. The van der Waals surface area contributed by atoms with E-state index >= 15 is 0 Å². The molecule has 1 saturated carbocycles. The quantitative estimate of drug-likeness (QED) is 0.540. The van der Waals surface area contributed by atoms with Gasteiger partial charge in [-0.05, 0) is 25.7 Å². The third-order valence-electron chi connectivity index (χ3n) is 4.96. The number of rotatable bonds is 2. The van der Waals surface area contributed by atoms with Crippen molar-refractivity contribution in [1.29, 1.82) is 5.41 Å². The molecule has 2 amide bonds. The molecule has 0 aromatic rings. The van der Waals surface area contributed by atoms with E-state index in [1.807, 2.05) is 4.90 Å². The van der Waals surface area contributed by atoms with Gasteiger partial charge < -0.3 is 16.0 Å². The van der Waals surface area contributed by atoms with Crippen molar-refractivity contribution in [2.24, 2.45) is 5.73 Å². The number of carbonyl (C=O) groups is 1. The standard InChI is InChI=1S/C16H30N4O/c17-14(18)16(10-6-2-1-3-7-11-16)19-15(21)20-12-8-4-5-9-13-20/h1-13H2,(H3,17,18)(H,19,21). The van der Waals surface area contributed by atoms with Gasteiger partial charge in [-0.15, -0.1) is 0 Å². The van der Waals surface area contributed by atoms with Gasteiger partial charge in [-0.1, -0.05) is 44.9 Å². The van der Waals surface area contributed by atoms with Crippen LogP contribution in [0.2, 0.25) is 0 Å². The molecule has 1 aliphatic heterocycles. The summed E-state index contributed by atoms with van der Waals surface area (Å²) in [5.41, 5.74) is 5.27. The monoisotopic (exact) mass is 294 g/mol. The smallest absolute Gasteiger partial charge is 0.318 e. The number of nitrogens with zero attached hydrogens (tertiary/aromatic N) is 1. The molecule has 1 aliphatic carbocycles. The third-order valence-corrected chi connectivity index (χ3v) is 4.96. The Kier molecular flexibility index (Phi) is 5.88. The summed E-state index contributed by atoms with van der Waals surface area (Å²) in [6, 6.07) is -0.0207. The van der Waals surface area contributed by atoms with Gasteiger partial charge in [0.1, 0.15) is 5.84 Å². The SMILES string of the molecule is N=C(N)C1(NC(=O)N2CCCCCC2)CCCCCCC1. The van der Waals surface area contributed by atoms with Gasteiger partial charge in [-0.2, -0.15) is 0 Å². The van der Waals surface area contributed by atoms with Crippen LogP contribution >= 0.6 is 0 Å². The van der Waals surface area contributed by atoms with Gasteiger partial charge in [0.25, 0.3) is 0 Å². The third kappa shape index (κ3) is 4.35. The highest BCUT2D eigenvalue weighted by Gasteiger charge is 2.36. The average molecular weight is 294 g/mol. The molecule has 120 valence electrons. The Morgan fingerprint density at radius 2 is 1.38 bits per heavy atom. The van der Waals surface area contributed by atoms with Crippen molar-refractivity contribution in [2.75, 3.05) is 13.1 Å². The van der Waals surface area contributed by atoms with Crippen LogP contribution in [0, 0.1) is 5.41 Å². The number of amidine groups is 1. The zero-order valence-electron chi connectivity index (χ0n) is 13.1. The maximum atomic E-state index is 12.6. The fourth-order valence-corrected chi connectivity index (χ4v) is 3.53. The minimum Gasteiger partial charge on any atom is -0.386 e. The van der Waals surface area contributed by atoms with E-state index in [9.17, 15) is 4.79 Å². The summed E-state index contributed by atoms with van der Waals surface area (Å²) >= 11 is 0. The molecule has 2 rings (SSSR count). The molecule has 2 aliphatic rings. The maximum absolute atomic E-state index is 12.6. The topological polar surface area (TPSA) is 82.2 Å². The van der Waals surface area contributed by atoms with Crippen molar-refractivity contribution < 1.29 is 4.79 Å². The van der Waals surface area contributed by atoms with Crippen LogP contribution < -0.4 is 11.1 Å². The highest BCUT2D eigenvalue weighted by molar-refractivity contribution is 5.91. The second kappa shape index (κ2) is 7.66. The van der Waals surface area contributed by atoms with Gasteiger partial charge >= 0.3 is 6.03 Å². The Morgan fingerprint density at radius 3 is 1.90 bits per heavy atom. The number of nitrogens with two attached hydrogens (primary N) is 1. The number of carbonyl (C=O) groups excluding carboxylic acids is 1. The first kappa shape index (κ1) is 16.1. The first-order chi connectivity index (χ1) is 10.1. The van der Waals surface area contributed by atoms with E-state index in [1.54, 1.807) is 0 Å². The van der Waals surface area contributed by atoms with E-state index in [2.05, 4.69) is 5.32 Å². The van der Waals surface area contributed by atoms with Crippen LogP contribution in [0.3, 0.4) is 0 Å². The van der Waals surface area contributed by atoms with Crippen molar-refractivity contribution in [3.8, 4) is 0 Å². The Balaban J connectivity index is 2.03. The van der Waals surface area contributed by atoms with Crippen LogP contribution in [0.5, 0.6) is 0 Å². The minimum atomic E-state index is -0.607. The number of nitrogens with one attached hydrogen (secondary N) is 2. The predicted octanol–water partition coefficient (Wildman–Crippen LogP) is 2.99. The van der Waals surface area contributed by atoms with Gasteiger partial charge in [-0.3, -0.25) is 5.41 Å². The summed E-state index contributed by atoms with van der Waals surface area (Å²) in [6.07, 6.45) is 11.9. The lowest BCUT2D eigenvalue weighted by molar-refractivity contribution is 0.186. The van der Waals surface area contributed by atoms with E-state index < -0.39 is 5.54 Å². The lowest BCUT2D eigenvalue weighted by atomic mass is 9.83. The van der Waals surface area contributed by atoms with Crippen LogP contribution in [0.4, 0.5) is 4.79 Å². The fourth-order valence-electron chi connectivity index (χ4n) is 3.53. The fraction of sp³-hybridized carbons (Fsp3) is 0.875. The number of hydrogen-bond donors (Lipinski definition) is 3. The molecule has 5 heteroatoms. The molecule has 0 atom stereocenters. The lowest BCUT2D eigenvalue weighted by Crippen LogP contribution is -2.60. The second-order valence-electron chi connectivity index (χ2n) is 6.59. The maximum Gasteiger partial charge on any atom is 0.318 e. The van der Waals surface area contributed by atoms with Gasteiger partial charge in [0.15, 0.2) is 0 Å². The van der Waals surface area contributed by atoms with Crippen LogP contribution in [0.25, 0.3) is 0 Å². The average Bonchev–Trinajstić information content (AvgIpc) is 2.70. The van der Waals surface area contributed by atoms with Gasteiger partial charge in [-0.25, -0.2) is 4.79 Å². The Morgan fingerprint density at radius 1 is 0.905 bits per heavy atom. The first-order valence-corrected chi connectivity index (χ1v) is 8.56. The normalized spacial score (nSPS) is 23.5. The minimum absolute atomic E-state index is 0.0207. The predicted molar refractivity (Wildman–Crippen MR) is 85.5 cm³/mol. The Bertz CT molecular complexity index is 353. The van der Waals surface area contributed by atoms with Crippen LogP contribution in [-0.4, -0.2) is 35.4 Å². The number of amides is 2. The molecule has 1 saturated heterocycles. The van der Waals surface area contributed by atoms with Gasteiger partial charge in [0, 0.05) is 13.1 Å². The molecule has 1 heterocycles. The summed E-state index contributed by atoms with van der Waals surface area (Å²) in [5.74, 6) is 0.132. The van der Waals surface area contributed by atoms with Crippen LogP contribution in [-0.2, 0) is 0 Å². The molecule has 0 aromatic carbocycles. The number of hydrogen-bond acceptors (Lipinski definition) is 2. The lowest BCUT2D eigenvalue weighted by Gasteiger charge is -2.37.